The number of aryl methyl sites for hydroxylation is 1. The average Bonchev–Trinajstić information content (AvgIpc) is 2.49. The van der Waals surface area contributed by atoms with Gasteiger partial charge < -0.3 is 0 Å². The van der Waals surface area contributed by atoms with Crippen LogP contribution in [0, 0.1) is 0 Å². The summed E-state index contributed by atoms with van der Waals surface area (Å²) in [7, 11) is 13.9. The number of halogens is 2. The fraction of sp³-hybridized carbons (Fsp3) is 0.235. The maximum atomic E-state index is 12.3. The van der Waals surface area contributed by atoms with Crippen LogP contribution in [0.1, 0.15) is 29.8 Å². The molecule has 24 heavy (non-hydrogen) atoms. The first-order valence-electron chi connectivity index (χ1n) is 7.25. The molecule has 2 aromatic rings. The van der Waals surface area contributed by atoms with Crippen LogP contribution in [0.2, 0.25) is 0 Å². The molecule has 1 amide bonds. The Bertz CT molecular complexity index is 758. The van der Waals surface area contributed by atoms with E-state index in [0.29, 0.717) is 17.0 Å². The van der Waals surface area contributed by atoms with Gasteiger partial charge in [0.2, 0.25) is 0 Å². The maximum absolute atomic E-state index is 12.3. The van der Waals surface area contributed by atoms with Gasteiger partial charge in [0.15, 0.2) is 0 Å². The number of benzene rings is 1. The molecule has 2 rings (SSSR count). The number of anilines is 1. The van der Waals surface area contributed by atoms with Gasteiger partial charge in [-0.15, -0.1) is 0 Å². The molecule has 0 aliphatic rings. The zero-order valence-corrected chi connectivity index (χ0v) is 16.8. The number of hydrogen-bond acceptors (Lipinski definition) is 2. The van der Waals surface area contributed by atoms with Crippen molar-refractivity contribution in [2.45, 2.75) is 20.0 Å². The quantitative estimate of drug-likeness (QED) is 0.553. The van der Waals surface area contributed by atoms with E-state index in [4.69, 9.17) is 24.1 Å². The van der Waals surface area contributed by atoms with Crippen molar-refractivity contribution in [3.63, 3.8) is 0 Å². The standard InChI is InChI=1S/C17H18N2O2.2ClH.Ru/c1-12(2)21-16-6-5-15(11-13(16)3)18-17(20)14-7-9-19(4)10-8-14;;;/h3,5-12H,1-2,4H3;2*1H;/q;;;+2/p-1. The molecule has 7 heteroatoms. The Morgan fingerprint density at radius 1 is 1.25 bits per heavy atom. The molecule has 1 N–H and O–H groups in total. The second-order valence-corrected chi connectivity index (χ2v) is 11.2. The summed E-state index contributed by atoms with van der Waals surface area (Å²) in [6.07, 6.45) is 3.69. The molecule has 1 heterocycles. The number of carbonyl (C=O) groups is 1. The summed E-state index contributed by atoms with van der Waals surface area (Å²) in [5.41, 5.74) is 2.05. The molecule has 0 fully saturated rings. The molecule has 0 saturated carbocycles. The van der Waals surface area contributed by atoms with Gasteiger partial charge in [0.05, 0.1) is 0 Å². The fourth-order valence-electron chi connectivity index (χ4n) is 2.01. The zero-order chi connectivity index (χ0) is 17.7. The van der Waals surface area contributed by atoms with Crippen molar-refractivity contribution in [1.82, 2.24) is 0 Å². The van der Waals surface area contributed by atoms with Crippen LogP contribution in [0.25, 0.3) is 0 Å². The Kier molecular flexibility index (Phi) is 6.91. The molecular weight excluding hydrogens is 436 g/mol. The van der Waals surface area contributed by atoms with Crippen molar-refractivity contribution in [2.24, 2.45) is 7.05 Å². The second-order valence-electron chi connectivity index (χ2n) is 5.43. The van der Waals surface area contributed by atoms with E-state index in [1.54, 1.807) is 18.2 Å². The van der Waals surface area contributed by atoms with Crippen molar-refractivity contribution in [2.75, 3.05) is 5.32 Å². The Balaban J connectivity index is 2.25. The van der Waals surface area contributed by atoms with E-state index < -0.39 is 13.5 Å². The van der Waals surface area contributed by atoms with Crippen molar-refractivity contribution < 1.29 is 27.6 Å². The van der Waals surface area contributed by atoms with E-state index in [1.165, 1.54) is 0 Å². The van der Waals surface area contributed by atoms with Crippen LogP contribution in [-0.4, -0.2) is 16.6 Å². The van der Waals surface area contributed by atoms with E-state index in [-0.39, 0.29) is 12.0 Å². The van der Waals surface area contributed by atoms with Gasteiger partial charge in [-0.25, -0.2) is 0 Å². The molecule has 0 aliphatic heterocycles. The van der Waals surface area contributed by atoms with E-state index in [0.717, 1.165) is 5.56 Å². The summed E-state index contributed by atoms with van der Waals surface area (Å²) in [6.45, 7) is 3.90. The first-order valence-corrected chi connectivity index (χ1v) is 12.7. The number of carbonyl (C=O) groups excluding carboxylic acids is 1. The molecule has 0 aliphatic carbocycles. The third-order valence-electron chi connectivity index (χ3n) is 3.06. The van der Waals surface area contributed by atoms with Crippen LogP contribution in [-0.2, 0) is 20.6 Å². The van der Waals surface area contributed by atoms with Crippen molar-refractivity contribution in [3.05, 3.63) is 53.9 Å². The van der Waals surface area contributed by atoms with Crippen molar-refractivity contribution in [3.8, 4) is 5.75 Å². The minimum atomic E-state index is -2.01. The summed E-state index contributed by atoms with van der Waals surface area (Å²) < 4.78 is 9.44. The fourth-order valence-corrected chi connectivity index (χ4v) is 3.79. The molecular formula is C17H19Cl2N2O2Ru+. The number of hydrogen-bond donors (Lipinski definition) is 1. The van der Waals surface area contributed by atoms with Gasteiger partial charge in [-0.05, 0) is 0 Å². The Labute approximate surface area is 154 Å². The molecule has 130 valence electrons. The van der Waals surface area contributed by atoms with Gasteiger partial charge in [-0.2, -0.15) is 0 Å². The summed E-state index contributed by atoms with van der Waals surface area (Å²) in [6, 6.07) is 8.97. The Hall–Kier alpha value is -1.29. The van der Waals surface area contributed by atoms with Gasteiger partial charge in [0.25, 0.3) is 0 Å². The zero-order valence-electron chi connectivity index (χ0n) is 13.6. The SMILES string of the molecule is CC(C)Oc1ccc(NC(=O)c2cc[n+](C)cc2)cc1[CH]=[Ru]([Cl])[Cl]. The van der Waals surface area contributed by atoms with Crippen LogP contribution in [0.3, 0.4) is 0 Å². The summed E-state index contributed by atoms with van der Waals surface area (Å²) in [5, 5.41) is 2.88. The number of ether oxygens (including phenoxy) is 1. The predicted molar refractivity (Wildman–Crippen MR) is 94.6 cm³/mol. The number of aromatic nitrogens is 1. The average molecular weight is 455 g/mol. The Morgan fingerprint density at radius 2 is 1.92 bits per heavy atom. The monoisotopic (exact) mass is 455 g/mol. The normalized spacial score (nSPS) is 11.2. The van der Waals surface area contributed by atoms with Gasteiger partial charge in [-0.1, -0.05) is 0 Å². The third-order valence-corrected chi connectivity index (χ3v) is 4.89. The first-order chi connectivity index (χ1) is 11.3. The van der Waals surface area contributed by atoms with Crippen molar-refractivity contribution >= 4 is 35.6 Å². The summed E-state index contributed by atoms with van der Waals surface area (Å²) >= 11 is -2.01. The number of nitrogens with zero attached hydrogens (tertiary/aromatic N) is 1. The van der Waals surface area contributed by atoms with Crippen LogP contribution in [0.4, 0.5) is 5.69 Å². The molecule has 4 nitrogen and oxygen atoms in total. The molecule has 0 unspecified atom stereocenters. The molecule has 1 aromatic carbocycles. The predicted octanol–water partition coefficient (Wildman–Crippen LogP) is 3.63. The summed E-state index contributed by atoms with van der Waals surface area (Å²) in [5.74, 6) is 0.528. The van der Waals surface area contributed by atoms with Gasteiger partial charge >= 0.3 is 155 Å². The number of amides is 1. The van der Waals surface area contributed by atoms with Crippen molar-refractivity contribution in [1.29, 1.82) is 0 Å². The number of rotatable bonds is 5. The minimum absolute atomic E-state index is 0.0361. The van der Waals surface area contributed by atoms with Gasteiger partial charge in [-0.3, -0.25) is 0 Å². The van der Waals surface area contributed by atoms with Crippen LogP contribution in [0.5, 0.6) is 5.75 Å². The number of nitrogens with one attached hydrogen (secondary N) is 1. The van der Waals surface area contributed by atoms with Crippen LogP contribution >= 0.6 is 19.4 Å². The molecule has 0 bridgehead atoms. The molecule has 0 spiro atoms. The van der Waals surface area contributed by atoms with E-state index in [9.17, 15) is 4.79 Å². The van der Waals surface area contributed by atoms with E-state index >= 15 is 0 Å². The number of pyridine rings is 1. The van der Waals surface area contributed by atoms with Gasteiger partial charge in [0, 0.05) is 0 Å². The molecule has 1 aromatic heterocycles. The van der Waals surface area contributed by atoms with E-state index in [1.807, 2.05) is 54.6 Å². The van der Waals surface area contributed by atoms with Crippen LogP contribution < -0.4 is 14.6 Å². The first kappa shape index (κ1) is 19.0. The molecule has 0 atom stereocenters. The van der Waals surface area contributed by atoms with Crippen LogP contribution in [0.15, 0.2) is 42.7 Å². The Morgan fingerprint density at radius 3 is 2.50 bits per heavy atom. The van der Waals surface area contributed by atoms with E-state index in [2.05, 4.69) is 5.32 Å². The topological polar surface area (TPSA) is 42.2 Å². The molecule has 0 radical (unpaired) electrons. The van der Waals surface area contributed by atoms with Gasteiger partial charge in [0.1, 0.15) is 0 Å². The molecule has 0 saturated heterocycles. The summed E-state index contributed by atoms with van der Waals surface area (Å²) in [4.78, 5) is 12.3. The second kappa shape index (κ2) is 8.71. The third kappa shape index (κ3) is 5.66.